The normalized spacial score (nSPS) is 12.4. The van der Waals surface area contributed by atoms with Crippen molar-refractivity contribution in [2.75, 3.05) is 12.0 Å². The van der Waals surface area contributed by atoms with Crippen LogP contribution >= 0.6 is 0 Å². The Balaban J connectivity index is 1.94. The molecule has 2 N–H and O–H groups in total. The quantitative estimate of drug-likeness (QED) is 0.280. The van der Waals surface area contributed by atoms with Gasteiger partial charge in [-0.15, -0.1) is 0 Å². The molecule has 4 rings (SSSR count). The van der Waals surface area contributed by atoms with Gasteiger partial charge >= 0.3 is 11.9 Å². The van der Waals surface area contributed by atoms with Crippen molar-refractivity contribution in [3.63, 3.8) is 0 Å². The lowest BCUT2D eigenvalue weighted by Gasteiger charge is -2.34. The molecule has 1 heterocycles. The Morgan fingerprint density at radius 2 is 1.58 bits per heavy atom. The van der Waals surface area contributed by atoms with E-state index in [4.69, 9.17) is 14.7 Å². The third kappa shape index (κ3) is 4.45. The number of anilines is 3. The number of fused-ring (bicyclic) bond motifs is 2. The Bertz CT molecular complexity index is 1520. The van der Waals surface area contributed by atoms with Gasteiger partial charge in [-0.25, -0.2) is 9.59 Å². The van der Waals surface area contributed by atoms with Gasteiger partial charge in [-0.3, -0.25) is 0 Å². The third-order valence-corrected chi connectivity index (χ3v) is 5.35. The summed E-state index contributed by atoms with van der Waals surface area (Å²) in [7, 11) is 1.56. The van der Waals surface area contributed by atoms with Crippen molar-refractivity contribution in [2.45, 2.75) is 0 Å². The van der Waals surface area contributed by atoms with Crippen LogP contribution in [0.25, 0.3) is 12.2 Å². The molecule has 9 heteroatoms. The lowest BCUT2D eigenvalue weighted by molar-refractivity contribution is -0.133. The second-order valence-electron chi connectivity index (χ2n) is 7.51. The zero-order valence-corrected chi connectivity index (χ0v) is 18.8. The summed E-state index contributed by atoms with van der Waals surface area (Å²) < 4.78 is 11.4. The van der Waals surface area contributed by atoms with Gasteiger partial charge in [-0.1, -0.05) is 18.2 Å². The van der Waals surface area contributed by atoms with Crippen molar-refractivity contribution in [3.8, 4) is 29.4 Å². The fraction of sp³-hybridized carbons (Fsp3) is 0.0370. The molecule has 0 aromatic heterocycles. The minimum atomic E-state index is -1.37. The van der Waals surface area contributed by atoms with E-state index < -0.39 is 23.1 Å². The van der Waals surface area contributed by atoms with Crippen LogP contribution < -0.4 is 14.4 Å². The van der Waals surface area contributed by atoms with Gasteiger partial charge in [-0.2, -0.15) is 10.5 Å². The van der Waals surface area contributed by atoms with Crippen molar-refractivity contribution in [2.24, 2.45) is 0 Å². The fourth-order valence-corrected chi connectivity index (χ4v) is 3.69. The number of nitrogens with zero attached hydrogens (tertiary/aromatic N) is 3. The van der Waals surface area contributed by atoms with Gasteiger partial charge in [0.1, 0.15) is 29.0 Å². The minimum Gasteiger partial charge on any atom is -0.497 e. The third-order valence-electron chi connectivity index (χ3n) is 5.35. The lowest BCUT2D eigenvalue weighted by atomic mass is 10.0. The molecule has 0 saturated carbocycles. The topological polar surface area (TPSA) is 144 Å². The molecule has 0 fully saturated rings. The number of hydrogen-bond donors (Lipinski definition) is 2. The molecule has 0 spiro atoms. The highest BCUT2D eigenvalue weighted by Gasteiger charge is 2.28. The largest absolute Gasteiger partial charge is 0.497 e. The standard InChI is InChI=1S/C27H17N3O6/c1-35-21-8-6-20(7-9-21)30-22-10-5-16(11-18(14-28)26(31)32)12-24(22)36-25-17(3-2-4-23(25)30)13-19(15-29)27(33)34/h2-13H,1H3,(H,31,32)(H,33,34)/b18-11-,19-13+. The average molecular weight is 479 g/mol. The molecular weight excluding hydrogens is 462 g/mol. The van der Waals surface area contributed by atoms with Crippen molar-refractivity contribution < 1.29 is 29.3 Å². The molecule has 0 atom stereocenters. The predicted octanol–water partition coefficient (Wildman–Crippen LogP) is 5.25. The highest BCUT2D eigenvalue weighted by atomic mass is 16.5. The second-order valence-corrected chi connectivity index (χ2v) is 7.51. The predicted molar refractivity (Wildman–Crippen MR) is 130 cm³/mol. The number of benzene rings is 3. The molecule has 1 aliphatic heterocycles. The maximum Gasteiger partial charge on any atom is 0.346 e. The van der Waals surface area contributed by atoms with Crippen LogP contribution in [0, 0.1) is 22.7 Å². The first-order chi connectivity index (χ1) is 17.4. The smallest absolute Gasteiger partial charge is 0.346 e. The molecule has 0 bridgehead atoms. The molecule has 176 valence electrons. The number of aliphatic carboxylic acids is 2. The van der Waals surface area contributed by atoms with Crippen LogP contribution in [0.2, 0.25) is 0 Å². The van der Waals surface area contributed by atoms with E-state index in [9.17, 15) is 25.1 Å². The van der Waals surface area contributed by atoms with Gasteiger partial charge in [0.15, 0.2) is 11.5 Å². The molecule has 0 radical (unpaired) electrons. The van der Waals surface area contributed by atoms with E-state index in [1.807, 2.05) is 17.0 Å². The highest BCUT2D eigenvalue weighted by molar-refractivity contribution is 5.99. The molecule has 1 aliphatic rings. The van der Waals surface area contributed by atoms with Crippen LogP contribution in [-0.2, 0) is 9.59 Å². The second kappa shape index (κ2) is 9.75. The van der Waals surface area contributed by atoms with E-state index in [1.165, 1.54) is 12.2 Å². The summed E-state index contributed by atoms with van der Waals surface area (Å²) in [5, 5.41) is 36.9. The highest BCUT2D eigenvalue weighted by Crippen LogP contribution is 2.52. The summed E-state index contributed by atoms with van der Waals surface area (Å²) in [6.07, 6.45) is 2.45. The zero-order chi connectivity index (χ0) is 25.8. The minimum absolute atomic E-state index is 0.301. The molecular formula is C27H17N3O6. The fourth-order valence-electron chi connectivity index (χ4n) is 3.69. The maximum absolute atomic E-state index is 11.4. The van der Waals surface area contributed by atoms with Crippen LogP contribution in [0.4, 0.5) is 17.1 Å². The summed E-state index contributed by atoms with van der Waals surface area (Å²) >= 11 is 0. The van der Waals surface area contributed by atoms with Crippen LogP contribution in [0.15, 0.2) is 71.8 Å². The summed E-state index contributed by atoms with van der Waals surface area (Å²) in [5.41, 5.74) is 1.83. The van der Waals surface area contributed by atoms with Gasteiger partial charge in [-0.05, 0) is 60.2 Å². The molecule has 3 aromatic carbocycles. The van der Waals surface area contributed by atoms with Gasteiger partial charge in [0.25, 0.3) is 0 Å². The Morgan fingerprint density at radius 3 is 2.19 bits per heavy atom. The number of carboxylic acid groups (broad SMARTS) is 2. The van der Waals surface area contributed by atoms with Crippen LogP contribution in [0.5, 0.6) is 17.2 Å². The van der Waals surface area contributed by atoms with E-state index in [-0.39, 0.29) is 0 Å². The molecule has 36 heavy (non-hydrogen) atoms. The van der Waals surface area contributed by atoms with Crippen LogP contribution in [-0.4, -0.2) is 29.3 Å². The lowest BCUT2D eigenvalue weighted by Crippen LogP contribution is -2.16. The SMILES string of the molecule is COc1ccc(N2c3ccc(/C=C(/C#N)C(=O)O)cc3Oc3c(/C=C(\C#N)C(=O)O)cccc32)cc1. The summed E-state index contributed by atoms with van der Waals surface area (Å²) in [6, 6.07) is 20.7. The summed E-state index contributed by atoms with van der Waals surface area (Å²) in [6.45, 7) is 0. The molecule has 3 aromatic rings. The van der Waals surface area contributed by atoms with E-state index in [0.29, 0.717) is 39.8 Å². The number of carboxylic acids is 2. The Hall–Kier alpha value is -5.54. The Kier molecular flexibility index (Phi) is 6.40. The van der Waals surface area contributed by atoms with Crippen molar-refractivity contribution in [1.82, 2.24) is 0 Å². The van der Waals surface area contributed by atoms with Crippen molar-refractivity contribution in [1.29, 1.82) is 10.5 Å². The van der Waals surface area contributed by atoms with Crippen molar-refractivity contribution >= 4 is 41.2 Å². The van der Waals surface area contributed by atoms with Gasteiger partial charge in [0.2, 0.25) is 0 Å². The van der Waals surface area contributed by atoms with E-state index in [0.717, 1.165) is 5.69 Å². The number of nitriles is 2. The monoisotopic (exact) mass is 479 g/mol. The van der Waals surface area contributed by atoms with E-state index in [1.54, 1.807) is 67.8 Å². The Morgan fingerprint density at radius 1 is 0.917 bits per heavy atom. The first-order valence-corrected chi connectivity index (χ1v) is 10.5. The zero-order valence-electron chi connectivity index (χ0n) is 18.8. The Labute approximate surface area is 205 Å². The van der Waals surface area contributed by atoms with Crippen LogP contribution in [0.3, 0.4) is 0 Å². The number of hydrogen-bond acceptors (Lipinski definition) is 7. The molecule has 0 unspecified atom stereocenters. The van der Waals surface area contributed by atoms with E-state index >= 15 is 0 Å². The first-order valence-electron chi connectivity index (χ1n) is 10.5. The van der Waals surface area contributed by atoms with E-state index in [2.05, 4.69) is 0 Å². The van der Waals surface area contributed by atoms with Gasteiger partial charge in [0.05, 0.1) is 18.5 Å². The first kappa shape index (κ1) is 23.6. The molecule has 9 nitrogen and oxygen atoms in total. The van der Waals surface area contributed by atoms with Crippen molar-refractivity contribution in [3.05, 3.63) is 82.9 Å². The molecule has 0 amide bonds. The molecule has 0 saturated heterocycles. The number of para-hydroxylation sites is 1. The summed E-state index contributed by atoms with van der Waals surface area (Å²) in [5.74, 6) is -1.43. The number of rotatable bonds is 6. The van der Waals surface area contributed by atoms with Gasteiger partial charge in [0, 0.05) is 11.3 Å². The average Bonchev–Trinajstić information content (AvgIpc) is 2.88. The molecule has 0 aliphatic carbocycles. The van der Waals surface area contributed by atoms with Crippen LogP contribution in [0.1, 0.15) is 11.1 Å². The summed E-state index contributed by atoms with van der Waals surface area (Å²) in [4.78, 5) is 24.6. The van der Waals surface area contributed by atoms with Gasteiger partial charge < -0.3 is 24.6 Å². The number of carbonyl (C=O) groups is 2. The number of methoxy groups -OCH3 is 1. The number of ether oxygens (including phenoxy) is 2. The maximum atomic E-state index is 11.4.